The van der Waals surface area contributed by atoms with Crippen LogP contribution in [0.15, 0.2) is 51.4 Å². The summed E-state index contributed by atoms with van der Waals surface area (Å²) in [7, 11) is 0. The van der Waals surface area contributed by atoms with Gasteiger partial charge in [0.2, 0.25) is 11.8 Å². The summed E-state index contributed by atoms with van der Waals surface area (Å²) in [5.41, 5.74) is 11.1. The Kier molecular flexibility index (Phi) is 6.83. The molecule has 4 N–H and O–H groups in total. The third-order valence-electron chi connectivity index (χ3n) is 2.85. The molecule has 0 aliphatic heterocycles. The maximum atomic E-state index is 10.4. The van der Waals surface area contributed by atoms with Gasteiger partial charge in [-0.2, -0.15) is 0 Å². The zero-order valence-corrected chi connectivity index (χ0v) is 14.8. The number of carbonyl (C=O) groups is 1. The summed E-state index contributed by atoms with van der Waals surface area (Å²) < 4.78 is 6.57. The van der Waals surface area contributed by atoms with Gasteiger partial charge in [0.15, 0.2) is 5.13 Å². The second-order valence-electron chi connectivity index (χ2n) is 4.61. The lowest BCUT2D eigenvalue weighted by molar-refractivity contribution is 0.100. The predicted octanol–water partition coefficient (Wildman–Crippen LogP) is 3.35. The van der Waals surface area contributed by atoms with Crippen molar-refractivity contribution in [2.75, 3.05) is 5.73 Å². The van der Waals surface area contributed by atoms with Gasteiger partial charge in [0.1, 0.15) is 5.76 Å². The number of oxazole rings is 1. The van der Waals surface area contributed by atoms with E-state index in [9.17, 15) is 4.79 Å². The van der Waals surface area contributed by atoms with Crippen molar-refractivity contribution in [3.63, 3.8) is 0 Å². The van der Waals surface area contributed by atoms with Crippen molar-refractivity contribution in [3.8, 4) is 0 Å². The number of aromatic nitrogens is 2. The zero-order chi connectivity index (χ0) is 17.4. The standard InChI is InChI=1S/C9H11N3OS2.C7H7NO/c1-2-6-3-11-7(13-6)5-14-8-4-12-9(10)15-8;8-7(9)6-4-2-1-3-5-6/h3-4H,2,5H2,1H3,(H2,10,12);1-5H,(H2,8,9). The van der Waals surface area contributed by atoms with Crippen LogP contribution in [0, 0.1) is 0 Å². The monoisotopic (exact) mass is 362 g/mol. The van der Waals surface area contributed by atoms with Crippen molar-refractivity contribution >= 4 is 34.1 Å². The van der Waals surface area contributed by atoms with Gasteiger partial charge in [0, 0.05) is 12.0 Å². The number of nitrogens with two attached hydrogens (primary N) is 2. The van der Waals surface area contributed by atoms with Gasteiger partial charge >= 0.3 is 0 Å². The Hall–Kier alpha value is -2.32. The molecule has 8 heteroatoms. The van der Waals surface area contributed by atoms with E-state index in [4.69, 9.17) is 15.9 Å². The fourth-order valence-electron chi connectivity index (χ4n) is 1.65. The maximum absolute atomic E-state index is 10.4. The molecule has 0 bridgehead atoms. The van der Waals surface area contributed by atoms with Crippen molar-refractivity contribution < 1.29 is 9.21 Å². The van der Waals surface area contributed by atoms with Gasteiger partial charge in [0.25, 0.3) is 0 Å². The number of hydrogen-bond donors (Lipinski definition) is 2. The molecular weight excluding hydrogens is 344 g/mol. The topological polar surface area (TPSA) is 108 Å². The van der Waals surface area contributed by atoms with Gasteiger partial charge in [-0.05, 0) is 12.1 Å². The average molecular weight is 362 g/mol. The zero-order valence-electron chi connectivity index (χ0n) is 13.1. The number of rotatable bonds is 5. The van der Waals surface area contributed by atoms with Crippen LogP contribution in [-0.4, -0.2) is 15.9 Å². The molecule has 0 atom stereocenters. The van der Waals surface area contributed by atoms with Crippen LogP contribution in [0.25, 0.3) is 0 Å². The minimum Gasteiger partial charge on any atom is -0.445 e. The first-order valence-corrected chi connectivity index (χ1v) is 9.01. The highest BCUT2D eigenvalue weighted by Crippen LogP contribution is 2.28. The summed E-state index contributed by atoms with van der Waals surface area (Å²) in [6, 6.07) is 8.76. The Balaban J connectivity index is 0.000000198. The van der Waals surface area contributed by atoms with Crippen molar-refractivity contribution in [1.82, 2.24) is 9.97 Å². The predicted molar refractivity (Wildman–Crippen MR) is 96.9 cm³/mol. The van der Waals surface area contributed by atoms with E-state index < -0.39 is 0 Å². The lowest BCUT2D eigenvalue weighted by Gasteiger charge is -1.92. The van der Waals surface area contributed by atoms with Crippen molar-refractivity contribution in [3.05, 3.63) is 59.9 Å². The number of amides is 1. The number of nitrogens with zero attached hydrogens (tertiary/aromatic N) is 2. The summed E-state index contributed by atoms with van der Waals surface area (Å²) in [4.78, 5) is 18.6. The molecular formula is C16H18N4O2S2. The molecule has 0 aliphatic carbocycles. The van der Waals surface area contributed by atoms with Gasteiger partial charge in [-0.15, -0.1) is 11.8 Å². The highest BCUT2D eigenvalue weighted by Gasteiger charge is 2.05. The van der Waals surface area contributed by atoms with Crippen LogP contribution in [0.5, 0.6) is 0 Å². The van der Waals surface area contributed by atoms with Crippen LogP contribution in [0.1, 0.15) is 28.9 Å². The minimum absolute atomic E-state index is 0.379. The summed E-state index contributed by atoms with van der Waals surface area (Å²) in [5, 5.41) is 0.596. The number of thiazole rings is 1. The fourth-order valence-corrected chi connectivity index (χ4v) is 3.26. The number of benzene rings is 1. The second kappa shape index (κ2) is 9.09. The SMILES string of the molecule is CCc1cnc(CSc2cnc(N)s2)o1.NC(=O)c1ccccc1. The number of primary amides is 1. The van der Waals surface area contributed by atoms with Crippen LogP contribution in [0.3, 0.4) is 0 Å². The minimum atomic E-state index is -0.379. The normalized spacial score (nSPS) is 10.0. The van der Waals surface area contributed by atoms with E-state index >= 15 is 0 Å². The Morgan fingerprint density at radius 1 is 1.25 bits per heavy atom. The van der Waals surface area contributed by atoms with E-state index in [1.165, 1.54) is 11.3 Å². The maximum Gasteiger partial charge on any atom is 0.248 e. The summed E-state index contributed by atoms with van der Waals surface area (Å²) in [6.45, 7) is 2.04. The molecule has 1 aromatic carbocycles. The molecule has 2 heterocycles. The van der Waals surface area contributed by atoms with Gasteiger partial charge in [0.05, 0.1) is 22.4 Å². The molecule has 0 unspecified atom stereocenters. The van der Waals surface area contributed by atoms with Crippen LogP contribution in [0.2, 0.25) is 0 Å². The van der Waals surface area contributed by atoms with E-state index in [0.29, 0.717) is 10.7 Å². The van der Waals surface area contributed by atoms with Crippen LogP contribution in [0.4, 0.5) is 5.13 Å². The van der Waals surface area contributed by atoms with E-state index in [2.05, 4.69) is 9.97 Å². The molecule has 0 saturated carbocycles. The molecule has 1 amide bonds. The smallest absolute Gasteiger partial charge is 0.248 e. The molecule has 24 heavy (non-hydrogen) atoms. The van der Waals surface area contributed by atoms with E-state index in [1.807, 2.05) is 13.0 Å². The van der Waals surface area contributed by atoms with E-state index in [-0.39, 0.29) is 5.91 Å². The molecule has 126 valence electrons. The highest BCUT2D eigenvalue weighted by molar-refractivity contribution is 8.00. The molecule has 6 nitrogen and oxygen atoms in total. The summed E-state index contributed by atoms with van der Waals surface area (Å²) in [5.74, 6) is 2.02. The number of hydrogen-bond acceptors (Lipinski definition) is 7. The van der Waals surface area contributed by atoms with Crippen LogP contribution < -0.4 is 11.5 Å². The van der Waals surface area contributed by atoms with Crippen molar-refractivity contribution in [2.24, 2.45) is 5.73 Å². The van der Waals surface area contributed by atoms with Crippen LogP contribution >= 0.6 is 23.1 Å². The third kappa shape index (κ3) is 5.71. The first kappa shape index (κ1) is 18.0. The third-order valence-corrected chi connectivity index (χ3v) is 4.85. The average Bonchev–Trinajstić information content (AvgIpc) is 3.23. The number of aryl methyl sites for hydroxylation is 1. The Bertz CT molecular complexity index is 771. The lowest BCUT2D eigenvalue weighted by atomic mass is 10.2. The lowest BCUT2D eigenvalue weighted by Crippen LogP contribution is -2.09. The first-order valence-electron chi connectivity index (χ1n) is 7.21. The quantitative estimate of drug-likeness (QED) is 0.674. The molecule has 3 aromatic rings. The molecule has 0 fully saturated rings. The fraction of sp³-hybridized carbons (Fsp3) is 0.188. The first-order chi connectivity index (χ1) is 11.6. The Morgan fingerprint density at radius 2 is 2.00 bits per heavy atom. The van der Waals surface area contributed by atoms with Crippen molar-refractivity contribution in [1.29, 1.82) is 0 Å². The second-order valence-corrected chi connectivity index (χ2v) is 6.95. The number of thioether (sulfide) groups is 1. The van der Waals surface area contributed by atoms with Crippen LogP contribution in [-0.2, 0) is 12.2 Å². The number of anilines is 1. The largest absolute Gasteiger partial charge is 0.445 e. The summed E-state index contributed by atoms with van der Waals surface area (Å²) in [6.07, 6.45) is 4.43. The summed E-state index contributed by atoms with van der Waals surface area (Å²) >= 11 is 3.12. The molecule has 3 rings (SSSR count). The Morgan fingerprint density at radius 3 is 2.50 bits per heavy atom. The molecule has 0 aliphatic rings. The van der Waals surface area contributed by atoms with Gasteiger partial charge in [-0.1, -0.05) is 36.5 Å². The van der Waals surface area contributed by atoms with Gasteiger partial charge in [-0.3, -0.25) is 4.79 Å². The number of carbonyl (C=O) groups excluding carboxylic acids is 1. The van der Waals surface area contributed by atoms with Gasteiger partial charge in [-0.25, -0.2) is 9.97 Å². The molecule has 0 radical (unpaired) electrons. The molecule has 0 spiro atoms. The van der Waals surface area contributed by atoms with Gasteiger partial charge < -0.3 is 15.9 Å². The Labute approximate surface area is 148 Å². The molecule has 2 aromatic heterocycles. The van der Waals surface area contributed by atoms with E-state index in [0.717, 1.165) is 28.0 Å². The van der Waals surface area contributed by atoms with Crippen molar-refractivity contribution in [2.45, 2.75) is 23.3 Å². The van der Waals surface area contributed by atoms with E-state index in [1.54, 1.807) is 48.4 Å². The molecule has 0 saturated heterocycles. The highest BCUT2D eigenvalue weighted by atomic mass is 32.2. The number of nitrogen functional groups attached to an aromatic ring is 1.